The quantitative estimate of drug-likeness (QED) is 0.818. The molecule has 0 aliphatic rings. The van der Waals surface area contributed by atoms with Gasteiger partial charge in [-0.15, -0.1) is 0 Å². The number of amides is 1. The number of hydrogen-bond donors (Lipinski definition) is 2. The fraction of sp³-hybridized carbons (Fsp3) is 0.462. The van der Waals surface area contributed by atoms with Crippen molar-refractivity contribution in [3.8, 4) is 5.75 Å². The molecule has 4 heteroatoms. The van der Waals surface area contributed by atoms with E-state index in [0.717, 1.165) is 5.56 Å². The van der Waals surface area contributed by atoms with E-state index in [-0.39, 0.29) is 18.6 Å². The van der Waals surface area contributed by atoms with Crippen LogP contribution in [-0.4, -0.2) is 23.7 Å². The minimum absolute atomic E-state index is 0.00616. The summed E-state index contributed by atoms with van der Waals surface area (Å²) in [4.78, 5) is 11.3. The maximum Gasteiger partial charge on any atom is 0.258 e. The summed E-state index contributed by atoms with van der Waals surface area (Å²) >= 11 is 0. The van der Waals surface area contributed by atoms with Crippen molar-refractivity contribution in [2.45, 2.75) is 32.9 Å². The van der Waals surface area contributed by atoms with Gasteiger partial charge in [-0.1, -0.05) is 12.1 Å². The largest absolute Gasteiger partial charge is 0.484 e. The zero-order chi connectivity index (χ0) is 12.8. The number of rotatable bonds is 5. The third kappa shape index (κ3) is 4.87. The van der Waals surface area contributed by atoms with Crippen molar-refractivity contribution in [3.05, 3.63) is 29.8 Å². The van der Waals surface area contributed by atoms with Gasteiger partial charge in [0, 0.05) is 6.04 Å². The first-order valence-corrected chi connectivity index (χ1v) is 5.69. The molecule has 1 aromatic carbocycles. The highest BCUT2D eigenvalue weighted by Gasteiger charge is 2.05. The first-order chi connectivity index (χ1) is 7.99. The highest BCUT2D eigenvalue weighted by Crippen LogP contribution is 2.16. The van der Waals surface area contributed by atoms with Crippen LogP contribution in [0.15, 0.2) is 24.3 Å². The molecule has 0 radical (unpaired) electrons. The molecule has 0 bridgehead atoms. The van der Waals surface area contributed by atoms with E-state index in [1.807, 2.05) is 13.8 Å². The number of carbonyl (C=O) groups is 1. The summed E-state index contributed by atoms with van der Waals surface area (Å²) in [6.07, 6.45) is -0.492. The summed E-state index contributed by atoms with van der Waals surface area (Å²) < 4.78 is 5.31. The first-order valence-electron chi connectivity index (χ1n) is 5.69. The van der Waals surface area contributed by atoms with Crippen LogP contribution in [0.5, 0.6) is 5.75 Å². The maximum absolute atomic E-state index is 11.3. The number of benzene rings is 1. The van der Waals surface area contributed by atoms with Crippen molar-refractivity contribution in [2.24, 2.45) is 0 Å². The van der Waals surface area contributed by atoms with E-state index in [0.29, 0.717) is 5.75 Å². The number of aliphatic hydroxyl groups excluding tert-OH is 1. The van der Waals surface area contributed by atoms with Crippen LogP contribution in [0.25, 0.3) is 0 Å². The third-order valence-electron chi connectivity index (χ3n) is 2.18. The Morgan fingerprint density at radius 1 is 1.29 bits per heavy atom. The number of ether oxygens (including phenoxy) is 1. The molecule has 0 aliphatic heterocycles. The minimum Gasteiger partial charge on any atom is -0.484 e. The smallest absolute Gasteiger partial charge is 0.258 e. The van der Waals surface area contributed by atoms with E-state index in [1.54, 1.807) is 31.2 Å². The van der Waals surface area contributed by atoms with Gasteiger partial charge in [0.15, 0.2) is 6.61 Å². The monoisotopic (exact) mass is 237 g/mol. The molecule has 0 aliphatic carbocycles. The Hall–Kier alpha value is -1.55. The van der Waals surface area contributed by atoms with Crippen LogP contribution in [0.4, 0.5) is 0 Å². The molecular formula is C13H19NO3. The average molecular weight is 237 g/mol. The van der Waals surface area contributed by atoms with Gasteiger partial charge < -0.3 is 15.2 Å². The van der Waals surface area contributed by atoms with Crippen molar-refractivity contribution in [1.82, 2.24) is 5.32 Å². The van der Waals surface area contributed by atoms with Crippen molar-refractivity contribution in [2.75, 3.05) is 6.61 Å². The van der Waals surface area contributed by atoms with Crippen LogP contribution in [0.3, 0.4) is 0 Å². The fourth-order valence-corrected chi connectivity index (χ4v) is 1.36. The van der Waals surface area contributed by atoms with Gasteiger partial charge in [0.1, 0.15) is 5.75 Å². The number of carbonyl (C=O) groups excluding carboxylic acids is 1. The lowest BCUT2D eigenvalue weighted by Crippen LogP contribution is -2.34. The van der Waals surface area contributed by atoms with Crippen molar-refractivity contribution >= 4 is 5.91 Å². The Balaban J connectivity index is 2.44. The van der Waals surface area contributed by atoms with E-state index in [9.17, 15) is 9.90 Å². The van der Waals surface area contributed by atoms with Crippen LogP contribution in [0, 0.1) is 0 Å². The van der Waals surface area contributed by atoms with Gasteiger partial charge in [-0.25, -0.2) is 0 Å². The predicted molar refractivity (Wildman–Crippen MR) is 65.8 cm³/mol. The Bertz CT molecular complexity index is 357. The van der Waals surface area contributed by atoms with Crippen molar-refractivity contribution in [1.29, 1.82) is 0 Å². The van der Waals surface area contributed by atoms with Gasteiger partial charge in [0.25, 0.3) is 5.91 Å². The normalized spacial score (nSPS) is 12.3. The summed E-state index contributed by atoms with van der Waals surface area (Å²) in [7, 11) is 0. The van der Waals surface area contributed by atoms with E-state index in [4.69, 9.17) is 4.74 Å². The predicted octanol–water partition coefficient (Wildman–Crippen LogP) is 1.64. The van der Waals surface area contributed by atoms with E-state index in [1.165, 1.54) is 0 Å². The topological polar surface area (TPSA) is 58.6 Å². The van der Waals surface area contributed by atoms with E-state index in [2.05, 4.69) is 5.32 Å². The van der Waals surface area contributed by atoms with Crippen molar-refractivity contribution in [3.63, 3.8) is 0 Å². The van der Waals surface area contributed by atoms with Gasteiger partial charge >= 0.3 is 0 Å². The van der Waals surface area contributed by atoms with Crippen LogP contribution < -0.4 is 10.1 Å². The molecule has 0 saturated carbocycles. The van der Waals surface area contributed by atoms with E-state index >= 15 is 0 Å². The standard InChI is InChI=1S/C13H19NO3/c1-9(2)14-13(16)8-17-12-6-4-11(5-7-12)10(3)15/h4-7,9-10,15H,8H2,1-3H3,(H,14,16). The zero-order valence-corrected chi connectivity index (χ0v) is 10.4. The summed E-state index contributed by atoms with van der Waals surface area (Å²) in [5.41, 5.74) is 0.823. The van der Waals surface area contributed by atoms with Gasteiger partial charge in [-0.05, 0) is 38.5 Å². The minimum atomic E-state index is -0.492. The highest BCUT2D eigenvalue weighted by atomic mass is 16.5. The molecule has 0 aromatic heterocycles. The molecule has 2 N–H and O–H groups in total. The Morgan fingerprint density at radius 2 is 1.88 bits per heavy atom. The van der Waals surface area contributed by atoms with Gasteiger partial charge in [0.2, 0.25) is 0 Å². The molecule has 1 unspecified atom stereocenters. The highest BCUT2D eigenvalue weighted by molar-refractivity contribution is 5.77. The molecule has 17 heavy (non-hydrogen) atoms. The number of aliphatic hydroxyl groups is 1. The Labute approximate surface area is 102 Å². The summed E-state index contributed by atoms with van der Waals surface area (Å²) in [6, 6.07) is 7.15. The average Bonchev–Trinajstić information content (AvgIpc) is 2.26. The Morgan fingerprint density at radius 3 is 2.35 bits per heavy atom. The van der Waals surface area contributed by atoms with Gasteiger partial charge in [-0.3, -0.25) is 4.79 Å². The number of hydrogen-bond acceptors (Lipinski definition) is 3. The molecule has 1 aromatic rings. The summed E-state index contributed by atoms with van der Waals surface area (Å²) in [6.45, 7) is 5.50. The SMILES string of the molecule is CC(C)NC(=O)COc1ccc(C(C)O)cc1. The second-order valence-electron chi connectivity index (χ2n) is 4.26. The fourth-order valence-electron chi connectivity index (χ4n) is 1.36. The molecule has 0 saturated heterocycles. The van der Waals surface area contributed by atoms with Gasteiger partial charge in [-0.2, -0.15) is 0 Å². The molecule has 1 amide bonds. The van der Waals surface area contributed by atoms with E-state index < -0.39 is 6.10 Å². The number of nitrogens with one attached hydrogen (secondary N) is 1. The molecule has 94 valence electrons. The van der Waals surface area contributed by atoms with Crippen LogP contribution in [0.2, 0.25) is 0 Å². The second-order valence-corrected chi connectivity index (χ2v) is 4.26. The molecule has 0 spiro atoms. The lowest BCUT2D eigenvalue weighted by atomic mass is 10.1. The molecule has 1 rings (SSSR count). The third-order valence-corrected chi connectivity index (χ3v) is 2.18. The molecular weight excluding hydrogens is 218 g/mol. The molecule has 1 atom stereocenters. The summed E-state index contributed by atoms with van der Waals surface area (Å²) in [5.74, 6) is 0.480. The Kier molecular flexibility index (Phi) is 4.97. The summed E-state index contributed by atoms with van der Waals surface area (Å²) in [5, 5.41) is 12.1. The first kappa shape index (κ1) is 13.5. The van der Waals surface area contributed by atoms with Gasteiger partial charge in [0.05, 0.1) is 6.10 Å². The van der Waals surface area contributed by atoms with Crippen LogP contribution in [-0.2, 0) is 4.79 Å². The zero-order valence-electron chi connectivity index (χ0n) is 10.4. The lowest BCUT2D eigenvalue weighted by molar-refractivity contribution is -0.123. The van der Waals surface area contributed by atoms with Crippen LogP contribution >= 0.6 is 0 Å². The van der Waals surface area contributed by atoms with Crippen molar-refractivity contribution < 1.29 is 14.6 Å². The lowest BCUT2D eigenvalue weighted by Gasteiger charge is -2.10. The second kappa shape index (κ2) is 6.25. The maximum atomic E-state index is 11.3. The molecule has 0 heterocycles. The van der Waals surface area contributed by atoms with Crippen LogP contribution in [0.1, 0.15) is 32.4 Å². The molecule has 0 fully saturated rings. The molecule has 4 nitrogen and oxygen atoms in total.